The molecule has 0 fully saturated rings. The van der Waals surface area contributed by atoms with Crippen molar-refractivity contribution in [2.45, 2.75) is 12.8 Å². The van der Waals surface area contributed by atoms with Crippen LogP contribution in [0.15, 0.2) is 48.5 Å². The zero-order chi connectivity index (χ0) is 16.8. The molecule has 0 aliphatic heterocycles. The summed E-state index contributed by atoms with van der Waals surface area (Å²) in [4.78, 5) is 22.7. The molecule has 1 atom stereocenters. The Labute approximate surface area is 134 Å². The lowest BCUT2D eigenvalue weighted by atomic mass is 10.0. The molecule has 2 N–H and O–H groups in total. The third kappa shape index (κ3) is 4.06. The van der Waals surface area contributed by atoms with E-state index in [1.807, 2.05) is 37.3 Å². The monoisotopic (exact) mass is 313 g/mol. The first kappa shape index (κ1) is 16.5. The molecular weight excluding hydrogens is 294 g/mol. The molecule has 0 aromatic heterocycles. The first-order valence-electron chi connectivity index (χ1n) is 7.32. The smallest absolute Gasteiger partial charge is 0.293 e. The lowest BCUT2D eigenvalue weighted by Gasteiger charge is -2.13. The number of carbonyl (C=O) groups is 1. The van der Waals surface area contributed by atoms with Crippen molar-refractivity contribution in [2.75, 3.05) is 18.9 Å². The van der Waals surface area contributed by atoms with Gasteiger partial charge in [0, 0.05) is 25.2 Å². The Morgan fingerprint density at radius 3 is 2.52 bits per heavy atom. The van der Waals surface area contributed by atoms with Crippen molar-refractivity contribution in [3.8, 4) is 0 Å². The molecule has 120 valence electrons. The molecule has 0 saturated heterocycles. The average molecular weight is 313 g/mol. The van der Waals surface area contributed by atoms with E-state index in [-0.39, 0.29) is 23.1 Å². The van der Waals surface area contributed by atoms with Gasteiger partial charge in [-0.2, -0.15) is 0 Å². The number of carbonyl (C=O) groups excluding carboxylic acids is 1. The number of hydrogen-bond acceptors (Lipinski definition) is 4. The molecule has 2 aromatic carbocycles. The van der Waals surface area contributed by atoms with Gasteiger partial charge < -0.3 is 10.6 Å². The fourth-order valence-electron chi connectivity index (χ4n) is 2.28. The summed E-state index contributed by atoms with van der Waals surface area (Å²) in [6, 6.07) is 14.2. The van der Waals surface area contributed by atoms with Crippen molar-refractivity contribution in [3.05, 3.63) is 69.8 Å². The number of nitro benzene ring substituents is 1. The predicted octanol–water partition coefficient (Wildman–Crippen LogP) is 3.17. The molecule has 0 aliphatic carbocycles. The maximum absolute atomic E-state index is 12.2. The normalized spacial score (nSPS) is 11.6. The highest BCUT2D eigenvalue weighted by Crippen LogP contribution is 2.25. The molecule has 1 amide bonds. The molecule has 0 saturated carbocycles. The van der Waals surface area contributed by atoms with Crippen molar-refractivity contribution in [1.82, 2.24) is 5.32 Å². The van der Waals surface area contributed by atoms with E-state index in [2.05, 4.69) is 10.6 Å². The van der Waals surface area contributed by atoms with Gasteiger partial charge in [-0.15, -0.1) is 0 Å². The quantitative estimate of drug-likeness (QED) is 0.633. The number of anilines is 1. The van der Waals surface area contributed by atoms with Crippen LogP contribution >= 0.6 is 0 Å². The summed E-state index contributed by atoms with van der Waals surface area (Å²) in [6.07, 6.45) is 0. The predicted molar refractivity (Wildman–Crippen MR) is 89.8 cm³/mol. The van der Waals surface area contributed by atoms with Crippen molar-refractivity contribution in [1.29, 1.82) is 0 Å². The lowest BCUT2D eigenvalue weighted by Crippen LogP contribution is -2.27. The van der Waals surface area contributed by atoms with Gasteiger partial charge in [-0.05, 0) is 23.6 Å². The Kier molecular flexibility index (Phi) is 5.30. The van der Waals surface area contributed by atoms with E-state index in [0.29, 0.717) is 12.2 Å². The summed E-state index contributed by atoms with van der Waals surface area (Å²) in [5.74, 6) is -0.162. The Morgan fingerprint density at radius 1 is 1.22 bits per heavy atom. The maximum atomic E-state index is 12.2. The van der Waals surface area contributed by atoms with Gasteiger partial charge in [0.15, 0.2) is 0 Å². The van der Waals surface area contributed by atoms with Crippen LogP contribution < -0.4 is 10.6 Å². The fraction of sp³-hybridized carbons (Fsp3) is 0.235. The van der Waals surface area contributed by atoms with Gasteiger partial charge in [-0.3, -0.25) is 14.9 Å². The molecule has 0 unspecified atom stereocenters. The highest BCUT2D eigenvalue weighted by Gasteiger charge is 2.17. The van der Waals surface area contributed by atoms with Crippen molar-refractivity contribution in [3.63, 3.8) is 0 Å². The topological polar surface area (TPSA) is 84.3 Å². The van der Waals surface area contributed by atoms with E-state index >= 15 is 0 Å². The third-order valence-electron chi connectivity index (χ3n) is 3.66. The Hall–Kier alpha value is -2.89. The molecule has 6 nitrogen and oxygen atoms in total. The Bertz CT molecular complexity index is 701. The number of nitro groups is 1. The van der Waals surface area contributed by atoms with Crippen LogP contribution in [-0.2, 0) is 0 Å². The zero-order valence-electron chi connectivity index (χ0n) is 13.1. The summed E-state index contributed by atoms with van der Waals surface area (Å²) in [7, 11) is 1.60. The highest BCUT2D eigenvalue weighted by molar-refractivity contribution is 5.95. The van der Waals surface area contributed by atoms with Crippen LogP contribution in [0.25, 0.3) is 0 Å². The summed E-state index contributed by atoms with van der Waals surface area (Å²) < 4.78 is 0. The molecular formula is C17H19N3O3. The summed E-state index contributed by atoms with van der Waals surface area (Å²) >= 11 is 0. The molecule has 6 heteroatoms. The SMILES string of the molecule is CNc1ccc(C(=O)NC[C@@H](C)c2ccccc2)cc1[N+](=O)[O-]. The van der Waals surface area contributed by atoms with Crippen LogP contribution in [0.5, 0.6) is 0 Å². The van der Waals surface area contributed by atoms with Crippen molar-refractivity contribution >= 4 is 17.3 Å². The molecule has 0 aliphatic rings. The number of rotatable bonds is 6. The number of amides is 1. The summed E-state index contributed by atoms with van der Waals surface area (Å²) in [6.45, 7) is 2.48. The number of nitrogens with one attached hydrogen (secondary N) is 2. The molecule has 0 radical (unpaired) electrons. The van der Waals surface area contributed by atoms with Gasteiger partial charge >= 0.3 is 0 Å². The second-order valence-corrected chi connectivity index (χ2v) is 5.26. The van der Waals surface area contributed by atoms with Crippen LogP contribution in [0.1, 0.15) is 28.8 Å². The number of nitrogens with zero attached hydrogens (tertiary/aromatic N) is 1. The average Bonchev–Trinajstić information content (AvgIpc) is 2.59. The van der Waals surface area contributed by atoms with Crippen LogP contribution in [0.2, 0.25) is 0 Å². The van der Waals surface area contributed by atoms with E-state index in [9.17, 15) is 14.9 Å². The van der Waals surface area contributed by atoms with Crippen molar-refractivity contribution < 1.29 is 9.72 Å². The minimum Gasteiger partial charge on any atom is -0.383 e. The van der Waals surface area contributed by atoms with E-state index < -0.39 is 4.92 Å². The van der Waals surface area contributed by atoms with E-state index in [0.717, 1.165) is 5.56 Å². The van der Waals surface area contributed by atoms with Gasteiger partial charge in [0.1, 0.15) is 5.69 Å². The van der Waals surface area contributed by atoms with Gasteiger partial charge in [-0.25, -0.2) is 0 Å². The molecule has 2 rings (SSSR count). The van der Waals surface area contributed by atoms with Crippen LogP contribution in [0.3, 0.4) is 0 Å². The molecule has 0 spiro atoms. The van der Waals surface area contributed by atoms with Gasteiger partial charge in [0.05, 0.1) is 4.92 Å². The zero-order valence-corrected chi connectivity index (χ0v) is 13.1. The lowest BCUT2D eigenvalue weighted by molar-refractivity contribution is -0.384. The highest BCUT2D eigenvalue weighted by atomic mass is 16.6. The van der Waals surface area contributed by atoms with Gasteiger partial charge in [0.25, 0.3) is 11.6 Å². The maximum Gasteiger partial charge on any atom is 0.293 e. The first-order chi connectivity index (χ1) is 11.0. The fourth-order valence-corrected chi connectivity index (χ4v) is 2.28. The second-order valence-electron chi connectivity index (χ2n) is 5.26. The largest absolute Gasteiger partial charge is 0.383 e. The minimum atomic E-state index is -0.505. The number of hydrogen-bond donors (Lipinski definition) is 2. The van der Waals surface area contributed by atoms with Gasteiger partial charge in [0.2, 0.25) is 0 Å². The second kappa shape index (κ2) is 7.40. The molecule has 0 heterocycles. The van der Waals surface area contributed by atoms with Crippen LogP contribution in [0, 0.1) is 10.1 Å². The van der Waals surface area contributed by atoms with Crippen molar-refractivity contribution in [2.24, 2.45) is 0 Å². The first-order valence-corrected chi connectivity index (χ1v) is 7.32. The molecule has 0 bridgehead atoms. The Morgan fingerprint density at radius 2 is 1.91 bits per heavy atom. The van der Waals surface area contributed by atoms with Crippen LogP contribution in [0.4, 0.5) is 11.4 Å². The third-order valence-corrected chi connectivity index (χ3v) is 3.66. The Balaban J connectivity index is 2.06. The van der Waals surface area contributed by atoms with E-state index in [4.69, 9.17) is 0 Å². The summed E-state index contributed by atoms with van der Waals surface area (Å²) in [5.41, 5.74) is 1.67. The standard InChI is InChI=1S/C17H19N3O3/c1-12(13-6-4-3-5-7-13)11-19-17(21)14-8-9-15(18-2)16(10-14)20(22)23/h3-10,12,18H,11H2,1-2H3,(H,19,21)/t12-/m1/s1. The van der Waals surface area contributed by atoms with E-state index in [1.54, 1.807) is 13.1 Å². The van der Waals surface area contributed by atoms with Crippen LogP contribution in [-0.4, -0.2) is 24.4 Å². The minimum absolute atomic E-state index is 0.115. The molecule has 23 heavy (non-hydrogen) atoms. The van der Waals surface area contributed by atoms with E-state index in [1.165, 1.54) is 12.1 Å². The van der Waals surface area contributed by atoms with Gasteiger partial charge in [-0.1, -0.05) is 37.3 Å². The molecule has 2 aromatic rings. The number of benzene rings is 2. The summed E-state index contributed by atoms with van der Waals surface area (Å²) in [5, 5.41) is 16.6.